The molecule has 5 nitrogen and oxygen atoms in total. The Kier molecular flexibility index (Phi) is 5.83. The fraction of sp³-hybridized carbons (Fsp3) is 0.214. The first-order chi connectivity index (χ1) is 10.5. The molecule has 116 valence electrons. The summed E-state index contributed by atoms with van der Waals surface area (Å²) >= 11 is 3.04. The number of esters is 1. The van der Waals surface area contributed by atoms with Crippen molar-refractivity contribution >= 4 is 50.9 Å². The SMILES string of the molecule is CCOC(=O)Cc1csc(NC(=O)c2ccc(I)c(F)c2)n1. The zero-order valence-corrected chi connectivity index (χ0v) is 14.5. The van der Waals surface area contributed by atoms with Gasteiger partial charge in [-0.3, -0.25) is 14.9 Å². The van der Waals surface area contributed by atoms with Crippen molar-refractivity contribution in [2.45, 2.75) is 13.3 Å². The van der Waals surface area contributed by atoms with E-state index < -0.39 is 11.7 Å². The van der Waals surface area contributed by atoms with E-state index in [4.69, 9.17) is 4.74 Å². The predicted molar refractivity (Wildman–Crippen MR) is 89.5 cm³/mol. The minimum absolute atomic E-state index is 0.0539. The Balaban J connectivity index is 2.01. The number of carbonyl (C=O) groups excluding carboxylic acids is 2. The summed E-state index contributed by atoms with van der Waals surface area (Å²) in [7, 11) is 0. The number of aromatic nitrogens is 1. The fourth-order valence-electron chi connectivity index (χ4n) is 1.61. The van der Waals surface area contributed by atoms with E-state index in [0.717, 1.165) is 0 Å². The molecule has 1 heterocycles. The molecular formula is C14H12FIN2O3S. The maximum atomic E-state index is 13.4. The van der Waals surface area contributed by atoms with Gasteiger partial charge in [0, 0.05) is 14.5 Å². The molecule has 0 saturated heterocycles. The summed E-state index contributed by atoms with van der Waals surface area (Å²) in [5.74, 6) is -1.27. The topological polar surface area (TPSA) is 68.3 Å². The second-order valence-electron chi connectivity index (χ2n) is 4.21. The number of nitrogens with one attached hydrogen (secondary N) is 1. The summed E-state index contributed by atoms with van der Waals surface area (Å²) in [5, 5.41) is 4.60. The van der Waals surface area contributed by atoms with Gasteiger partial charge >= 0.3 is 5.97 Å². The van der Waals surface area contributed by atoms with E-state index >= 15 is 0 Å². The number of anilines is 1. The van der Waals surface area contributed by atoms with Gasteiger partial charge in [0.05, 0.1) is 18.7 Å². The summed E-state index contributed by atoms with van der Waals surface area (Å²) in [6.07, 6.45) is 0.0539. The maximum absolute atomic E-state index is 13.4. The van der Waals surface area contributed by atoms with E-state index in [2.05, 4.69) is 10.3 Å². The average Bonchev–Trinajstić information content (AvgIpc) is 2.89. The van der Waals surface area contributed by atoms with E-state index in [-0.39, 0.29) is 18.0 Å². The van der Waals surface area contributed by atoms with Crippen LogP contribution >= 0.6 is 33.9 Å². The third-order valence-electron chi connectivity index (χ3n) is 2.58. The molecule has 0 saturated carbocycles. The zero-order chi connectivity index (χ0) is 16.1. The van der Waals surface area contributed by atoms with Gasteiger partial charge in [-0.2, -0.15) is 0 Å². The van der Waals surface area contributed by atoms with Crippen LogP contribution in [-0.4, -0.2) is 23.5 Å². The zero-order valence-electron chi connectivity index (χ0n) is 11.6. The van der Waals surface area contributed by atoms with Crippen LogP contribution in [0, 0.1) is 9.39 Å². The van der Waals surface area contributed by atoms with Crippen LogP contribution in [0.1, 0.15) is 23.0 Å². The Hall–Kier alpha value is -1.55. The summed E-state index contributed by atoms with van der Waals surface area (Å²) < 4.78 is 18.7. The van der Waals surface area contributed by atoms with Crippen molar-refractivity contribution in [1.29, 1.82) is 0 Å². The van der Waals surface area contributed by atoms with Gasteiger partial charge < -0.3 is 4.74 Å². The van der Waals surface area contributed by atoms with E-state index in [0.29, 0.717) is 21.0 Å². The number of hydrogen-bond acceptors (Lipinski definition) is 5. The first kappa shape index (κ1) is 16.8. The minimum atomic E-state index is -0.452. The van der Waals surface area contributed by atoms with Gasteiger partial charge in [0.15, 0.2) is 5.13 Å². The van der Waals surface area contributed by atoms with Gasteiger partial charge in [0.1, 0.15) is 5.82 Å². The molecule has 0 aliphatic carbocycles. The summed E-state index contributed by atoms with van der Waals surface area (Å²) in [5.41, 5.74) is 0.729. The van der Waals surface area contributed by atoms with Crippen LogP contribution in [0.3, 0.4) is 0 Å². The van der Waals surface area contributed by atoms with Gasteiger partial charge in [-0.1, -0.05) is 0 Å². The lowest BCUT2D eigenvalue weighted by Crippen LogP contribution is -2.12. The molecule has 0 aliphatic heterocycles. The molecule has 1 amide bonds. The molecule has 0 fully saturated rings. The van der Waals surface area contributed by atoms with Crippen LogP contribution in [0.5, 0.6) is 0 Å². The van der Waals surface area contributed by atoms with E-state index in [1.165, 1.54) is 29.5 Å². The molecule has 0 aliphatic rings. The van der Waals surface area contributed by atoms with E-state index in [9.17, 15) is 14.0 Å². The number of thiazole rings is 1. The molecule has 2 rings (SSSR count). The standard InChI is InChI=1S/C14H12FIN2O3S/c1-2-21-12(19)6-9-7-22-14(17-9)18-13(20)8-3-4-11(16)10(15)5-8/h3-5,7H,2,6H2,1H3,(H,17,18,20). The Morgan fingerprint density at radius 3 is 2.91 bits per heavy atom. The molecule has 2 aromatic rings. The van der Waals surface area contributed by atoms with Crippen molar-refractivity contribution in [3.05, 3.63) is 44.2 Å². The van der Waals surface area contributed by atoms with Crippen LogP contribution in [0.15, 0.2) is 23.6 Å². The number of ether oxygens (including phenoxy) is 1. The Morgan fingerprint density at radius 1 is 1.45 bits per heavy atom. The Bertz CT molecular complexity index is 705. The molecule has 0 atom stereocenters. The fourth-order valence-corrected chi connectivity index (χ4v) is 2.65. The molecule has 0 bridgehead atoms. The molecule has 8 heteroatoms. The van der Waals surface area contributed by atoms with Crippen molar-refractivity contribution in [3.63, 3.8) is 0 Å². The van der Waals surface area contributed by atoms with Gasteiger partial charge in [-0.05, 0) is 47.7 Å². The highest BCUT2D eigenvalue weighted by Crippen LogP contribution is 2.18. The van der Waals surface area contributed by atoms with Gasteiger partial charge in [-0.15, -0.1) is 11.3 Å². The molecule has 1 aromatic carbocycles. The molecular weight excluding hydrogens is 422 g/mol. The quantitative estimate of drug-likeness (QED) is 0.580. The van der Waals surface area contributed by atoms with E-state index in [1.54, 1.807) is 12.3 Å². The van der Waals surface area contributed by atoms with Crippen LogP contribution in [0.25, 0.3) is 0 Å². The number of nitrogens with zero attached hydrogens (tertiary/aromatic N) is 1. The van der Waals surface area contributed by atoms with Crippen molar-refractivity contribution in [2.75, 3.05) is 11.9 Å². The van der Waals surface area contributed by atoms with Crippen LogP contribution in [0.4, 0.5) is 9.52 Å². The molecule has 0 radical (unpaired) electrons. The Labute approximate surface area is 144 Å². The van der Waals surface area contributed by atoms with E-state index in [1.807, 2.05) is 22.6 Å². The number of halogens is 2. The number of hydrogen-bond donors (Lipinski definition) is 1. The lowest BCUT2D eigenvalue weighted by Gasteiger charge is -2.02. The molecule has 0 spiro atoms. The molecule has 0 unspecified atom stereocenters. The molecule has 1 aromatic heterocycles. The second kappa shape index (κ2) is 7.63. The first-order valence-corrected chi connectivity index (χ1v) is 8.32. The molecule has 22 heavy (non-hydrogen) atoms. The van der Waals surface area contributed by atoms with Crippen molar-refractivity contribution < 1.29 is 18.7 Å². The summed E-state index contributed by atoms with van der Waals surface area (Å²) in [4.78, 5) is 27.5. The van der Waals surface area contributed by atoms with Crippen LogP contribution in [0.2, 0.25) is 0 Å². The number of amides is 1. The average molecular weight is 434 g/mol. The van der Waals surface area contributed by atoms with Crippen molar-refractivity contribution in [3.8, 4) is 0 Å². The smallest absolute Gasteiger partial charge is 0.311 e. The minimum Gasteiger partial charge on any atom is -0.466 e. The number of benzene rings is 1. The van der Waals surface area contributed by atoms with Crippen molar-refractivity contribution in [2.24, 2.45) is 0 Å². The van der Waals surface area contributed by atoms with Crippen molar-refractivity contribution in [1.82, 2.24) is 4.98 Å². The van der Waals surface area contributed by atoms with Gasteiger partial charge in [0.2, 0.25) is 0 Å². The van der Waals surface area contributed by atoms with Gasteiger partial charge in [-0.25, -0.2) is 9.37 Å². The lowest BCUT2D eigenvalue weighted by atomic mass is 10.2. The summed E-state index contributed by atoms with van der Waals surface area (Å²) in [6.45, 7) is 2.04. The number of rotatable bonds is 5. The monoisotopic (exact) mass is 434 g/mol. The third-order valence-corrected chi connectivity index (χ3v) is 4.27. The first-order valence-electron chi connectivity index (χ1n) is 6.36. The summed E-state index contributed by atoms with van der Waals surface area (Å²) in [6, 6.07) is 4.23. The maximum Gasteiger partial charge on any atom is 0.311 e. The highest BCUT2D eigenvalue weighted by atomic mass is 127. The largest absolute Gasteiger partial charge is 0.466 e. The van der Waals surface area contributed by atoms with Gasteiger partial charge in [0.25, 0.3) is 5.91 Å². The highest BCUT2D eigenvalue weighted by Gasteiger charge is 2.13. The van der Waals surface area contributed by atoms with Crippen LogP contribution < -0.4 is 5.32 Å². The predicted octanol–water partition coefficient (Wildman–Crippen LogP) is 3.24. The van der Waals surface area contributed by atoms with Crippen LogP contribution in [-0.2, 0) is 16.0 Å². The molecule has 1 N–H and O–H groups in total. The highest BCUT2D eigenvalue weighted by molar-refractivity contribution is 14.1. The third kappa shape index (κ3) is 4.47. The lowest BCUT2D eigenvalue weighted by molar-refractivity contribution is -0.142. The Morgan fingerprint density at radius 2 is 2.23 bits per heavy atom. The second-order valence-corrected chi connectivity index (χ2v) is 6.23. The number of carbonyl (C=O) groups is 2. The normalized spacial score (nSPS) is 10.3.